The van der Waals surface area contributed by atoms with Crippen LogP contribution in [0.1, 0.15) is 30.2 Å². The van der Waals surface area contributed by atoms with E-state index in [0.717, 1.165) is 11.0 Å². The van der Waals surface area contributed by atoms with Crippen LogP contribution in [0.5, 0.6) is 0 Å². The maximum atomic E-state index is 11.1. The Hall–Kier alpha value is -0.980. The van der Waals surface area contributed by atoms with E-state index >= 15 is 0 Å². The molecule has 15 heavy (non-hydrogen) atoms. The van der Waals surface area contributed by atoms with E-state index in [-0.39, 0.29) is 9.83 Å². The van der Waals surface area contributed by atoms with Crippen LogP contribution in [0.3, 0.4) is 0 Å². The van der Waals surface area contributed by atoms with Gasteiger partial charge in [0.2, 0.25) is 3.79 Å². The highest BCUT2D eigenvalue weighted by Gasteiger charge is 2.09. The highest BCUT2D eigenvalue weighted by molar-refractivity contribution is 14.1. The maximum absolute atomic E-state index is 11.1. The van der Waals surface area contributed by atoms with Gasteiger partial charge in [-0.15, -0.1) is 0 Å². The second-order valence-corrected chi connectivity index (χ2v) is 4.57. The van der Waals surface area contributed by atoms with Gasteiger partial charge >= 0.3 is 0 Å². The number of carbonyl (C=O) groups is 1. The summed E-state index contributed by atoms with van der Waals surface area (Å²) in [5.74, 6) is 0. The molecule has 0 aliphatic heterocycles. The standard InChI is InChI=1S/C10H10IN3O/c1-6(2)14-10-8(5-13-14)3-7(4-12-10)9(11)15/h3-6H,1-2H3. The number of hydrogen-bond donors (Lipinski definition) is 0. The molecule has 2 aromatic heterocycles. The summed E-state index contributed by atoms with van der Waals surface area (Å²) in [6, 6.07) is 2.10. The fraction of sp³-hybridized carbons (Fsp3) is 0.300. The average Bonchev–Trinajstić information content (AvgIpc) is 2.59. The van der Waals surface area contributed by atoms with Crippen molar-refractivity contribution >= 4 is 37.4 Å². The second kappa shape index (κ2) is 3.88. The van der Waals surface area contributed by atoms with Gasteiger partial charge in [0, 0.05) is 45.8 Å². The van der Waals surface area contributed by atoms with E-state index in [1.807, 2.05) is 24.6 Å². The number of fused-ring (bicyclic) bond motifs is 1. The second-order valence-electron chi connectivity index (χ2n) is 3.59. The Bertz CT molecular complexity index is 518. The molecule has 0 spiro atoms. The minimum Gasteiger partial charge on any atom is -0.282 e. The summed E-state index contributed by atoms with van der Waals surface area (Å²) in [4.78, 5) is 15.4. The molecule has 5 heteroatoms. The SMILES string of the molecule is CC(C)n1ncc2cc(C(=O)I)cnc21. The molecule has 0 amide bonds. The van der Waals surface area contributed by atoms with E-state index in [0.29, 0.717) is 5.56 Å². The van der Waals surface area contributed by atoms with E-state index in [9.17, 15) is 4.79 Å². The van der Waals surface area contributed by atoms with Gasteiger partial charge in [0.25, 0.3) is 0 Å². The van der Waals surface area contributed by atoms with Crippen LogP contribution in [0.25, 0.3) is 11.0 Å². The Balaban J connectivity index is 2.61. The molecular formula is C10H10IN3O. The van der Waals surface area contributed by atoms with Crippen molar-refractivity contribution in [3.8, 4) is 0 Å². The van der Waals surface area contributed by atoms with E-state index in [1.165, 1.54) is 0 Å². The third-order valence-electron chi connectivity index (χ3n) is 2.15. The molecule has 0 unspecified atom stereocenters. The number of nitrogens with zero attached hydrogens (tertiary/aromatic N) is 3. The van der Waals surface area contributed by atoms with Gasteiger partial charge in [-0.05, 0) is 19.9 Å². The normalized spacial score (nSPS) is 11.2. The lowest BCUT2D eigenvalue weighted by atomic mass is 10.2. The predicted molar refractivity (Wildman–Crippen MR) is 66.3 cm³/mol. The number of halogens is 1. The van der Waals surface area contributed by atoms with Crippen LogP contribution in [-0.2, 0) is 0 Å². The lowest BCUT2D eigenvalue weighted by Crippen LogP contribution is -2.03. The van der Waals surface area contributed by atoms with Crippen molar-refractivity contribution in [1.29, 1.82) is 0 Å². The van der Waals surface area contributed by atoms with Crippen LogP contribution >= 0.6 is 22.6 Å². The number of pyridine rings is 1. The molecule has 0 bridgehead atoms. The van der Waals surface area contributed by atoms with Gasteiger partial charge < -0.3 is 0 Å². The molecule has 2 rings (SSSR count). The van der Waals surface area contributed by atoms with Crippen LogP contribution in [0, 0.1) is 0 Å². The minimum atomic E-state index is -0.000651. The first kappa shape index (κ1) is 10.5. The monoisotopic (exact) mass is 315 g/mol. The Morgan fingerprint density at radius 2 is 2.20 bits per heavy atom. The van der Waals surface area contributed by atoms with Gasteiger partial charge in [-0.3, -0.25) is 4.79 Å². The fourth-order valence-electron chi connectivity index (χ4n) is 1.43. The summed E-state index contributed by atoms with van der Waals surface area (Å²) in [5, 5.41) is 5.14. The minimum absolute atomic E-state index is 0.000651. The van der Waals surface area contributed by atoms with Crippen LogP contribution < -0.4 is 0 Å². The topological polar surface area (TPSA) is 47.8 Å². The molecule has 2 heterocycles. The third-order valence-corrected chi connectivity index (χ3v) is 2.77. The van der Waals surface area contributed by atoms with Gasteiger partial charge in [-0.25, -0.2) is 9.67 Å². The van der Waals surface area contributed by atoms with Crippen LogP contribution in [0.2, 0.25) is 0 Å². The van der Waals surface area contributed by atoms with E-state index in [4.69, 9.17) is 0 Å². The molecule has 0 radical (unpaired) electrons. The average molecular weight is 315 g/mol. The summed E-state index contributed by atoms with van der Waals surface area (Å²) >= 11 is 1.76. The molecule has 0 aliphatic carbocycles. The predicted octanol–water partition coefficient (Wildman–Crippen LogP) is 2.59. The van der Waals surface area contributed by atoms with Gasteiger partial charge in [0.05, 0.1) is 6.20 Å². The Labute approximate surface area is 101 Å². The molecule has 0 N–H and O–H groups in total. The van der Waals surface area contributed by atoms with E-state index < -0.39 is 0 Å². The zero-order chi connectivity index (χ0) is 11.0. The molecule has 2 aromatic rings. The molecule has 0 atom stereocenters. The number of aromatic nitrogens is 3. The number of hydrogen-bond acceptors (Lipinski definition) is 3. The van der Waals surface area contributed by atoms with Crippen molar-refractivity contribution in [2.24, 2.45) is 0 Å². The van der Waals surface area contributed by atoms with E-state index in [2.05, 4.69) is 10.1 Å². The van der Waals surface area contributed by atoms with Crippen molar-refractivity contribution in [3.05, 3.63) is 24.0 Å². The largest absolute Gasteiger partial charge is 0.282 e. The molecule has 0 saturated carbocycles. The quantitative estimate of drug-likeness (QED) is 0.632. The summed E-state index contributed by atoms with van der Waals surface area (Å²) in [6.45, 7) is 4.09. The smallest absolute Gasteiger partial charge is 0.223 e. The molecule has 0 saturated heterocycles. The molecule has 0 aliphatic rings. The van der Waals surface area contributed by atoms with Crippen LogP contribution in [0.15, 0.2) is 18.5 Å². The zero-order valence-corrected chi connectivity index (χ0v) is 10.6. The summed E-state index contributed by atoms with van der Waals surface area (Å²) in [7, 11) is 0. The first-order valence-corrected chi connectivity index (χ1v) is 5.70. The lowest BCUT2D eigenvalue weighted by Gasteiger charge is -2.05. The van der Waals surface area contributed by atoms with Gasteiger partial charge in [0.15, 0.2) is 5.65 Å². The highest BCUT2D eigenvalue weighted by Crippen LogP contribution is 2.17. The summed E-state index contributed by atoms with van der Waals surface area (Å²) in [5.41, 5.74) is 1.44. The molecule has 4 nitrogen and oxygen atoms in total. The van der Waals surface area contributed by atoms with Crippen molar-refractivity contribution in [3.63, 3.8) is 0 Å². The van der Waals surface area contributed by atoms with Gasteiger partial charge in [0.1, 0.15) is 0 Å². The van der Waals surface area contributed by atoms with Crippen LogP contribution in [-0.4, -0.2) is 18.6 Å². The molecule has 0 fully saturated rings. The molecule has 0 aromatic carbocycles. The van der Waals surface area contributed by atoms with E-state index in [1.54, 1.807) is 35.0 Å². The van der Waals surface area contributed by atoms with Crippen molar-refractivity contribution in [2.75, 3.05) is 0 Å². The zero-order valence-electron chi connectivity index (χ0n) is 8.44. The Kier molecular flexibility index (Phi) is 2.72. The van der Waals surface area contributed by atoms with Gasteiger partial charge in [-0.2, -0.15) is 5.10 Å². The Morgan fingerprint density at radius 1 is 1.47 bits per heavy atom. The number of carbonyl (C=O) groups excluding carboxylic acids is 1. The highest BCUT2D eigenvalue weighted by atomic mass is 127. The Morgan fingerprint density at radius 3 is 2.80 bits per heavy atom. The fourth-order valence-corrected chi connectivity index (χ4v) is 1.72. The first-order valence-electron chi connectivity index (χ1n) is 4.62. The first-order chi connectivity index (χ1) is 7.09. The van der Waals surface area contributed by atoms with Crippen LogP contribution in [0.4, 0.5) is 0 Å². The lowest BCUT2D eigenvalue weighted by molar-refractivity contribution is 0.110. The summed E-state index contributed by atoms with van der Waals surface area (Å²) in [6.07, 6.45) is 3.34. The van der Waals surface area contributed by atoms with Crippen molar-refractivity contribution in [1.82, 2.24) is 14.8 Å². The van der Waals surface area contributed by atoms with Crippen molar-refractivity contribution in [2.45, 2.75) is 19.9 Å². The summed E-state index contributed by atoms with van der Waals surface area (Å²) < 4.78 is 1.84. The number of rotatable bonds is 2. The van der Waals surface area contributed by atoms with Crippen molar-refractivity contribution < 1.29 is 4.79 Å². The maximum Gasteiger partial charge on any atom is 0.223 e. The van der Waals surface area contributed by atoms with Gasteiger partial charge in [-0.1, -0.05) is 0 Å². The molecular weight excluding hydrogens is 305 g/mol. The third kappa shape index (κ3) is 1.88. The molecule has 78 valence electrons.